The standard InChI is InChI=1S/C9H15N3O2S/c1-6(4-13)15-9-7(14-3)8(10-2)11-5-12-9/h5-6,13H,4H2,1-3H3,(H,10,11,12). The lowest BCUT2D eigenvalue weighted by atomic mass is 10.5. The molecule has 0 aliphatic heterocycles. The normalized spacial score (nSPS) is 12.3. The number of anilines is 1. The fraction of sp³-hybridized carbons (Fsp3) is 0.556. The number of thioether (sulfide) groups is 1. The summed E-state index contributed by atoms with van der Waals surface area (Å²) in [5.41, 5.74) is 0. The number of hydrogen-bond donors (Lipinski definition) is 2. The van der Waals surface area contributed by atoms with E-state index >= 15 is 0 Å². The van der Waals surface area contributed by atoms with Gasteiger partial charge in [-0.15, -0.1) is 0 Å². The van der Waals surface area contributed by atoms with Crippen LogP contribution in [0.25, 0.3) is 0 Å². The maximum atomic E-state index is 8.97. The molecule has 0 amide bonds. The van der Waals surface area contributed by atoms with Crippen LogP contribution in [0.15, 0.2) is 11.4 Å². The van der Waals surface area contributed by atoms with Crippen LogP contribution in [0.1, 0.15) is 6.92 Å². The van der Waals surface area contributed by atoms with E-state index in [0.717, 1.165) is 5.03 Å². The molecule has 5 nitrogen and oxygen atoms in total. The highest BCUT2D eigenvalue weighted by Gasteiger charge is 2.14. The monoisotopic (exact) mass is 229 g/mol. The first-order valence-corrected chi connectivity index (χ1v) is 5.45. The van der Waals surface area contributed by atoms with Gasteiger partial charge in [-0.25, -0.2) is 9.97 Å². The van der Waals surface area contributed by atoms with Gasteiger partial charge in [-0.1, -0.05) is 18.7 Å². The van der Waals surface area contributed by atoms with Gasteiger partial charge < -0.3 is 15.2 Å². The summed E-state index contributed by atoms with van der Waals surface area (Å²) >= 11 is 1.46. The number of aromatic nitrogens is 2. The van der Waals surface area contributed by atoms with E-state index in [9.17, 15) is 0 Å². The summed E-state index contributed by atoms with van der Waals surface area (Å²) in [7, 11) is 3.35. The van der Waals surface area contributed by atoms with E-state index in [1.54, 1.807) is 14.2 Å². The summed E-state index contributed by atoms with van der Waals surface area (Å²) in [6, 6.07) is 0. The lowest BCUT2D eigenvalue weighted by Crippen LogP contribution is -2.05. The summed E-state index contributed by atoms with van der Waals surface area (Å²) < 4.78 is 5.22. The molecule has 1 unspecified atom stereocenters. The van der Waals surface area contributed by atoms with Crippen molar-refractivity contribution in [3.63, 3.8) is 0 Å². The van der Waals surface area contributed by atoms with Gasteiger partial charge in [-0.2, -0.15) is 0 Å². The second kappa shape index (κ2) is 5.77. The Bertz CT molecular complexity index is 322. The third kappa shape index (κ3) is 2.97. The number of aliphatic hydroxyl groups excluding tert-OH is 1. The van der Waals surface area contributed by atoms with Crippen molar-refractivity contribution in [3.05, 3.63) is 6.33 Å². The molecule has 1 aromatic heterocycles. The molecule has 1 heterocycles. The number of methoxy groups -OCH3 is 1. The molecule has 84 valence electrons. The Kier molecular flexibility index (Phi) is 4.64. The molecule has 0 spiro atoms. The minimum absolute atomic E-state index is 0.0820. The number of hydrogen-bond acceptors (Lipinski definition) is 6. The Hall–Kier alpha value is -1.01. The minimum Gasteiger partial charge on any atom is -0.490 e. The fourth-order valence-electron chi connectivity index (χ4n) is 1.03. The average molecular weight is 229 g/mol. The van der Waals surface area contributed by atoms with Crippen molar-refractivity contribution >= 4 is 17.6 Å². The van der Waals surface area contributed by atoms with Gasteiger partial charge in [-0.3, -0.25) is 0 Å². The third-order valence-electron chi connectivity index (χ3n) is 1.78. The predicted octanol–water partition coefficient (Wildman–Crippen LogP) is 1.000. The first-order valence-electron chi connectivity index (χ1n) is 4.57. The Balaban J connectivity index is 2.95. The topological polar surface area (TPSA) is 67.3 Å². The first-order chi connectivity index (χ1) is 7.22. The Morgan fingerprint density at radius 1 is 1.60 bits per heavy atom. The van der Waals surface area contributed by atoms with Crippen LogP contribution in [0.5, 0.6) is 5.75 Å². The molecular formula is C9H15N3O2S. The van der Waals surface area contributed by atoms with Gasteiger partial charge in [0.15, 0.2) is 11.6 Å². The molecule has 0 fully saturated rings. The van der Waals surface area contributed by atoms with Crippen molar-refractivity contribution in [1.82, 2.24) is 9.97 Å². The van der Waals surface area contributed by atoms with E-state index in [1.807, 2.05) is 6.92 Å². The lowest BCUT2D eigenvalue weighted by Gasteiger charge is -2.12. The van der Waals surface area contributed by atoms with Crippen molar-refractivity contribution in [1.29, 1.82) is 0 Å². The van der Waals surface area contributed by atoms with Crippen LogP contribution < -0.4 is 10.1 Å². The molecule has 0 saturated heterocycles. The lowest BCUT2D eigenvalue weighted by molar-refractivity contribution is 0.300. The molecule has 0 radical (unpaired) electrons. The molecule has 1 aromatic rings. The van der Waals surface area contributed by atoms with Crippen molar-refractivity contribution in [2.75, 3.05) is 26.1 Å². The van der Waals surface area contributed by atoms with Gasteiger partial charge >= 0.3 is 0 Å². The van der Waals surface area contributed by atoms with Crippen LogP contribution in [0.2, 0.25) is 0 Å². The largest absolute Gasteiger partial charge is 0.490 e. The van der Waals surface area contributed by atoms with E-state index in [2.05, 4.69) is 15.3 Å². The van der Waals surface area contributed by atoms with E-state index in [-0.39, 0.29) is 11.9 Å². The molecular weight excluding hydrogens is 214 g/mol. The number of nitrogens with zero attached hydrogens (tertiary/aromatic N) is 2. The molecule has 0 aromatic carbocycles. The minimum atomic E-state index is 0.0820. The van der Waals surface area contributed by atoms with Crippen LogP contribution in [-0.2, 0) is 0 Å². The van der Waals surface area contributed by atoms with Crippen molar-refractivity contribution in [2.24, 2.45) is 0 Å². The van der Waals surface area contributed by atoms with Crippen LogP contribution in [0.4, 0.5) is 5.82 Å². The second-order valence-corrected chi connectivity index (χ2v) is 4.35. The smallest absolute Gasteiger partial charge is 0.193 e. The fourth-order valence-corrected chi connectivity index (χ4v) is 1.88. The van der Waals surface area contributed by atoms with Crippen molar-refractivity contribution < 1.29 is 9.84 Å². The van der Waals surface area contributed by atoms with Gasteiger partial charge in [0, 0.05) is 12.3 Å². The van der Waals surface area contributed by atoms with E-state index in [1.165, 1.54) is 18.1 Å². The zero-order chi connectivity index (χ0) is 11.3. The van der Waals surface area contributed by atoms with E-state index < -0.39 is 0 Å². The predicted molar refractivity (Wildman–Crippen MR) is 60.5 cm³/mol. The number of rotatable bonds is 5. The highest BCUT2D eigenvalue weighted by atomic mass is 32.2. The molecule has 0 aliphatic rings. The zero-order valence-corrected chi connectivity index (χ0v) is 9.84. The summed E-state index contributed by atoms with van der Waals surface area (Å²) in [5.74, 6) is 1.27. The van der Waals surface area contributed by atoms with Crippen LogP contribution in [0.3, 0.4) is 0 Å². The molecule has 6 heteroatoms. The highest BCUT2D eigenvalue weighted by molar-refractivity contribution is 8.00. The van der Waals surface area contributed by atoms with Gasteiger partial charge in [0.25, 0.3) is 0 Å². The van der Waals surface area contributed by atoms with Crippen LogP contribution in [-0.4, -0.2) is 41.1 Å². The summed E-state index contributed by atoms with van der Waals surface area (Å²) in [6.07, 6.45) is 1.47. The summed E-state index contributed by atoms with van der Waals surface area (Å²) in [5, 5.41) is 12.7. The van der Waals surface area contributed by atoms with E-state index in [0.29, 0.717) is 11.6 Å². The first kappa shape index (κ1) is 12.1. The van der Waals surface area contributed by atoms with Gasteiger partial charge in [-0.05, 0) is 0 Å². The zero-order valence-electron chi connectivity index (χ0n) is 9.02. The Labute approximate surface area is 93.3 Å². The Morgan fingerprint density at radius 2 is 2.33 bits per heavy atom. The third-order valence-corrected chi connectivity index (χ3v) is 2.85. The summed E-state index contributed by atoms with van der Waals surface area (Å²) in [4.78, 5) is 8.16. The van der Waals surface area contributed by atoms with Gasteiger partial charge in [0.1, 0.15) is 11.4 Å². The molecule has 1 atom stereocenters. The molecule has 0 aliphatic carbocycles. The van der Waals surface area contributed by atoms with Crippen molar-refractivity contribution in [2.45, 2.75) is 17.2 Å². The maximum absolute atomic E-state index is 8.97. The van der Waals surface area contributed by atoms with Crippen LogP contribution >= 0.6 is 11.8 Å². The average Bonchev–Trinajstić information content (AvgIpc) is 2.28. The number of ether oxygens (including phenoxy) is 1. The molecule has 15 heavy (non-hydrogen) atoms. The van der Waals surface area contributed by atoms with Crippen molar-refractivity contribution in [3.8, 4) is 5.75 Å². The number of nitrogens with one attached hydrogen (secondary N) is 1. The molecule has 1 rings (SSSR count). The molecule has 0 bridgehead atoms. The molecule has 0 saturated carbocycles. The summed E-state index contributed by atoms with van der Waals surface area (Å²) in [6.45, 7) is 2.03. The highest BCUT2D eigenvalue weighted by Crippen LogP contribution is 2.33. The second-order valence-electron chi connectivity index (χ2n) is 2.92. The Morgan fingerprint density at radius 3 is 2.87 bits per heavy atom. The maximum Gasteiger partial charge on any atom is 0.193 e. The van der Waals surface area contributed by atoms with E-state index in [4.69, 9.17) is 9.84 Å². The number of aliphatic hydroxyl groups is 1. The SMILES string of the molecule is CNc1ncnc(SC(C)CO)c1OC. The van der Waals surface area contributed by atoms with Gasteiger partial charge in [0.2, 0.25) is 0 Å². The van der Waals surface area contributed by atoms with Crippen LogP contribution in [0, 0.1) is 0 Å². The molecule has 2 N–H and O–H groups in total. The van der Waals surface area contributed by atoms with Gasteiger partial charge in [0.05, 0.1) is 13.7 Å². The quantitative estimate of drug-likeness (QED) is 0.580.